The van der Waals surface area contributed by atoms with E-state index in [4.69, 9.17) is 39.6 Å². The smallest absolute Gasteiger partial charge is 0.255 e. The van der Waals surface area contributed by atoms with Crippen molar-refractivity contribution < 1.29 is 4.79 Å². The van der Waals surface area contributed by atoms with Crippen LogP contribution in [0.3, 0.4) is 0 Å². The monoisotopic (exact) mass is 374 g/mol. The lowest BCUT2D eigenvalue weighted by Gasteiger charge is -2.11. The Morgan fingerprint density at radius 3 is 2.40 bits per heavy atom. The molecule has 0 atom stereocenters. The Bertz CT molecular complexity index is 889. The number of halogens is 2. The average Bonchev–Trinajstić information content (AvgIpc) is 2.59. The minimum absolute atomic E-state index is 0.215. The first-order chi connectivity index (χ1) is 11.9. The van der Waals surface area contributed by atoms with Gasteiger partial charge in [0, 0.05) is 5.56 Å². The van der Waals surface area contributed by atoms with Crippen molar-refractivity contribution in [3.8, 4) is 6.07 Å². The average molecular weight is 375 g/mol. The number of amidine groups is 1. The summed E-state index contributed by atoms with van der Waals surface area (Å²) in [5, 5.41) is 22.9. The zero-order chi connectivity index (χ0) is 18.4. The zero-order valence-corrected chi connectivity index (χ0v) is 14.2. The van der Waals surface area contributed by atoms with Gasteiger partial charge in [0.05, 0.1) is 21.4 Å². The number of rotatable bonds is 5. The molecule has 2 aromatic rings. The van der Waals surface area contributed by atoms with E-state index in [2.05, 4.69) is 15.8 Å². The van der Waals surface area contributed by atoms with Gasteiger partial charge in [-0.3, -0.25) is 15.6 Å². The van der Waals surface area contributed by atoms with Crippen LogP contribution in [0.25, 0.3) is 0 Å². The summed E-state index contributed by atoms with van der Waals surface area (Å²) < 4.78 is 0. The van der Waals surface area contributed by atoms with Crippen molar-refractivity contribution in [1.82, 2.24) is 0 Å². The molecule has 2 rings (SSSR count). The molecule has 0 aromatic heterocycles. The lowest BCUT2D eigenvalue weighted by atomic mass is 10.2. The minimum atomic E-state index is -0.488. The van der Waals surface area contributed by atoms with Gasteiger partial charge >= 0.3 is 0 Å². The number of nitrogens with one attached hydrogen (secondary N) is 3. The first-order valence-corrected chi connectivity index (χ1v) is 7.61. The summed E-state index contributed by atoms with van der Waals surface area (Å²) in [6.45, 7) is 0. The number of hydrogen-bond donors (Lipinski definition) is 4. The van der Waals surface area contributed by atoms with Crippen molar-refractivity contribution in [2.45, 2.75) is 0 Å². The summed E-state index contributed by atoms with van der Waals surface area (Å²) in [5.74, 6) is -0.835. The predicted molar refractivity (Wildman–Crippen MR) is 99.4 cm³/mol. The topological polar surface area (TPSA) is 127 Å². The van der Waals surface area contributed by atoms with Gasteiger partial charge in [-0.1, -0.05) is 41.4 Å². The molecule has 0 bridgehead atoms. The lowest BCUT2D eigenvalue weighted by molar-refractivity contribution is 0.102. The number of anilines is 2. The molecule has 2 aromatic carbocycles. The van der Waals surface area contributed by atoms with Crippen molar-refractivity contribution in [1.29, 1.82) is 10.7 Å². The molecule has 126 valence electrons. The van der Waals surface area contributed by atoms with Crippen molar-refractivity contribution >= 4 is 52.0 Å². The van der Waals surface area contributed by atoms with Crippen molar-refractivity contribution in [3.63, 3.8) is 0 Å². The summed E-state index contributed by atoms with van der Waals surface area (Å²) in [5.41, 5.74) is 8.48. The van der Waals surface area contributed by atoms with Gasteiger partial charge in [-0.05, 0) is 24.3 Å². The van der Waals surface area contributed by atoms with E-state index in [1.165, 1.54) is 12.1 Å². The van der Waals surface area contributed by atoms with Crippen molar-refractivity contribution in [3.05, 3.63) is 58.1 Å². The molecule has 9 heteroatoms. The lowest BCUT2D eigenvalue weighted by Crippen LogP contribution is -2.21. The number of hydrogen-bond acceptors (Lipinski definition) is 5. The number of carbonyl (C=O) groups is 1. The Hall–Kier alpha value is -3.08. The second kappa shape index (κ2) is 8.15. The van der Waals surface area contributed by atoms with Crippen LogP contribution in [0.2, 0.25) is 10.0 Å². The van der Waals surface area contributed by atoms with E-state index in [1.807, 2.05) is 0 Å². The van der Waals surface area contributed by atoms with E-state index in [0.29, 0.717) is 11.3 Å². The second-order valence-electron chi connectivity index (χ2n) is 4.73. The van der Waals surface area contributed by atoms with Crippen LogP contribution in [-0.4, -0.2) is 17.5 Å². The summed E-state index contributed by atoms with van der Waals surface area (Å²) in [7, 11) is 0. The molecule has 7 nitrogen and oxygen atoms in total. The molecule has 0 aliphatic heterocycles. The highest BCUT2D eigenvalue weighted by Gasteiger charge is 2.12. The predicted octanol–water partition coefficient (Wildman–Crippen LogP) is 3.47. The first kappa shape index (κ1) is 18.3. The van der Waals surface area contributed by atoms with Gasteiger partial charge in [0.25, 0.3) is 5.91 Å². The molecular formula is C16H12Cl2N6O. The quantitative estimate of drug-likeness (QED) is 0.362. The summed E-state index contributed by atoms with van der Waals surface area (Å²) >= 11 is 12.2. The minimum Gasteiger partial charge on any atom is -0.382 e. The van der Waals surface area contributed by atoms with E-state index >= 15 is 0 Å². The van der Waals surface area contributed by atoms with Gasteiger partial charge in [0.15, 0.2) is 5.84 Å². The summed E-state index contributed by atoms with van der Waals surface area (Å²) in [6, 6.07) is 13.2. The van der Waals surface area contributed by atoms with Gasteiger partial charge in [-0.2, -0.15) is 10.4 Å². The van der Waals surface area contributed by atoms with Gasteiger partial charge in [0.2, 0.25) is 5.71 Å². The van der Waals surface area contributed by atoms with Crippen molar-refractivity contribution in [2.24, 2.45) is 10.8 Å². The fourth-order valence-corrected chi connectivity index (χ4v) is 2.25. The highest BCUT2D eigenvalue weighted by atomic mass is 35.5. The number of nitriles is 1. The van der Waals surface area contributed by atoms with Crippen LogP contribution in [0, 0.1) is 16.7 Å². The van der Waals surface area contributed by atoms with Crippen molar-refractivity contribution in [2.75, 3.05) is 10.7 Å². The van der Waals surface area contributed by atoms with Crippen LogP contribution >= 0.6 is 23.2 Å². The third kappa shape index (κ3) is 4.70. The van der Waals surface area contributed by atoms with Crippen LogP contribution in [0.4, 0.5) is 11.4 Å². The van der Waals surface area contributed by atoms with Crippen LogP contribution in [-0.2, 0) is 0 Å². The fourth-order valence-electron chi connectivity index (χ4n) is 1.78. The number of benzene rings is 2. The highest BCUT2D eigenvalue weighted by molar-refractivity contribution is 6.46. The number of nitrogens with zero attached hydrogens (tertiary/aromatic N) is 2. The molecule has 25 heavy (non-hydrogen) atoms. The number of carbonyl (C=O) groups excluding carboxylic acids is 1. The molecule has 0 saturated heterocycles. The molecule has 0 aliphatic carbocycles. The van der Waals surface area contributed by atoms with Crippen LogP contribution < -0.4 is 16.5 Å². The second-order valence-corrected chi connectivity index (χ2v) is 5.54. The Morgan fingerprint density at radius 1 is 1.16 bits per heavy atom. The van der Waals surface area contributed by atoms with Gasteiger partial charge < -0.3 is 11.1 Å². The maximum Gasteiger partial charge on any atom is 0.255 e. The summed E-state index contributed by atoms with van der Waals surface area (Å²) in [6.07, 6.45) is 0. The SMILES string of the molecule is N#C/C(=N\Nc1cc(NC(=O)c2ccccc2)c(Cl)cc1Cl)C(=N)N. The summed E-state index contributed by atoms with van der Waals surface area (Å²) in [4.78, 5) is 12.2. The molecule has 5 N–H and O–H groups in total. The standard InChI is InChI=1S/C16H12Cl2N6O/c17-10-6-11(18)13(23-24-14(8-19)15(20)21)7-12(10)22-16(25)9-4-2-1-3-5-9/h1-7,23H,(H3,20,21)(H,22,25)/b24-14+. The molecule has 0 unspecified atom stereocenters. The van der Waals surface area contributed by atoms with Crippen LogP contribution in [0.5, 0.6) is 0 Å². The Kier molecular flexibility index (Phi) is 5.95. The van der Waals surface area contributed by atoms with Crippen LogP contribution in [0.15, 0.2) is 47.6 Å². The Morgan fingerprint density at radius 2 is 1.80 bits per heavy atom. The number of nitrogens with two attached hydrogens (primary N) is 1. The molecule has 0 spiro atoms. The van der Waals surface area contributed by atoms with Crippen LogP contribution in [0.1, 0.15) is 10.4 Å². The largest absolute Gasteiger partial charge is 0.382 e. The molecule has 0 aliphatic rings. The molecular weight excluding hydrogens is 363 g/mol. The van der Waals surface area contributed by atoms with Gasteiger partial charge in [-0.25, -0.2) is 0 Å². The Labute approximate surface area is 153 Å². The first-order valence-electron chi connectivity index (χ1n) is 6.86. The maximum absolute atomic E-state index is 12.2. The van der Waals surface area contributed by atoms with E-state index in [9.17, 15) is 4.79 Å². The van der Waals surface area contributed by atoms with E-state index in [-0.39, 0.29) is 27.4 Å². The Balaban J connectivity index is 2.27. The zero-order valence-electron chi connectivity index (χ0n) is 12.7. The molecule has 0 radical (unpaired) electrons. The van der Waals surface area contributed by atoms with E-state index in [0.717, 1.165) is 0 Å². The maximum atomic E-state index is 12.2. The molecule has 0 heterocycles. The normalized spacial score (nSPS) is 10.7. The van der Waals surface area contributed by atoms with Gasteiger partial charge in [0.1, 0.15) is 6.07 Å². The van der Waals surface area contributed by atoms with E-state index < -0.39 is 5.84 Å². The highest BCUT2D eigenvalue weighted by Crippen LogP contribution is 2.33. The van der Waals surface area contributed by atoms with Gasteiger partial charge in [-0.15, -0.1) is 0 Å². The third-order valence-electron chi connectivity index (χ3n) is 2.99. The fraction of sp³-hybridized carbons (Fsp3) is 0. The molecule has 0 fully saturated rings. The molecule has 1 amide bonds. The number of amides is 1. The third-order valence-corrected chi connectivity index (χ3v) is 3.62. The van der Waals surface area contributed by atoms with E-state index in [1.54, 1.807) is 36.4 Å². The molecule has 0 saturated carbocycles. The number of hydrazone groups is 1.